The first-order valence-corrected chi connectivity index (χ1v) is 7.85. The first kappa shape index (κ1) is 15.0. The van der Waals surface area contributed by atoms with Gasteiger partial charge in [-0.2, -0.15) is 0 Å². The summed E-state index contributed by atoms with van der Waals surface area (Å²) in [5.41, 5.74) is 0.259. The Kier molecular flexibility index (Phi) is 4.43. The van der Waals surface area contributed by atoms with Gasteiger partial charge < -0.3 is 14.5 Å². The summed E-state index contributed by atoms with van der Waals surface area (Å²) in [5.74, 6) is 0.527. The zero-order chi connectivity index (χ0) is 15.5. The topological polar surface area (TPSA) is 68.5 Å². The third-order valence-electron chi connectivity index (χ3n) is 4.35. The first-order chi connectivity index (χ1) is 10.6. The van der Waals surface area contributed by atoms with Gasteiger partial charge in [-0.25, -0.2) is 4.79 Å². The van der Waals surface area contributed by atoms with Gasteiger partial charge in [-0.1, -0.05) is 12.2 Å². The minimum Gasteiger partial charge on any atom is -0.427 e. The Morgan fingerprint density at radius 2 is 2.05 bits per heavy atom. The van der Waals surface area contributed by atoms with E-state index in [1.807, 2.05) is 18.2 Å². The lowest BCUT2D eigenvalue weighted by atomic mass is 9.95. The largest absolute Gasteiger partial charge is 0.427 e. The van der Waals surface area contributed by atoms with Crippen LogP contribution in [0, 0.1) is 6.92 Å². The average Bonchev–Trinajstić information content (AvgIpc) is 3.00. The lowest BCUT2D eigenvalue weighted by molar-refractivity contribution is 0.0795. The zero-order valence-corrected chi connectivity index (χ0v) is 12.8. The molecule has 1 saturated heterocycles. The lowest BCUT2D eigenvalue weighted by Crippen LogP contribution is -2.35. The van der Waals surface area contributed by atoms with Gasteiger partial charge in [0.2, 0.25) is 0 Å². The molecule has 2 aliphatic rings. The summed E-state index contributed by atoms with van der Waals surface area (Å²) in [4.78, 5) is 24.5. The number of carbonyl (C=O) groups excluding carboxylic acids is 1. The summed E-state index contributed by atoms with van der Waals surface area (Å²) in [6.07, 6.45) is 7.54. The second-order valence-electron chi connectivity index (χ2n) is 5.97. The lowest BCUT2D eigenvalue weighted by Gasteiger charge is -2.21. The number of aryl methyl sites for hydroxylation is 1. The molecule has 1 unspecified atom stereocenters. The quantitative estimate of drug-likeness (QED) is 0.870. The van der Waals surface area contributed by atoms with E-state index < -0.39 is 5.63 Å². The molecule has 22 heavy (non-hydrogen) atoms. The number of nitrogens with one attached hydrogen (secondary N) is 1. The third kappa shape index (κ3) is 3.14. The molecule has 1 aromatic heterocycles. The van der Waals surface area contributed by atoms with Gasteiger partial charge in [-0.3, -0.25) is 4.79 Å². The monoisotopic (exact) mass is 303 g/mol. The number of ether oxygens (including phenoxy) is 1. The van der Waals surface area contributed by atoms with Crippen molar-refractivity contribution in [3.8, 4) is 0 Å². The maximum atomic E-state index is 12.3. The highest BCUT2D eigenvalue weighted by Gasteiger charge is 2.24. The van der Waals surface area contributed by atoms with E-state index in [1.54, 1.807) is 6.92 Å². The van der Waals surface area contributed by atoms with Gasteiger partial charge in [0, 0.05) is 25.2 Å². The van der Waals surface area contributed by atoms with Crippen LogP contribution in [0.5, 0.6) is 0 Å². The van der Waals surface area contributed by atoms with Crippen molar-refractivity contribution >= 4 is 5.91 Å². The van der Waals surface area contributed by atoms with Gasteiger partial charge in [0.15, 0.2) is 0 Å². The molecule has 0 bridgehead atoms. The average molecular weight is 303 g/mol. The molecule has 0 radical (unpaired) electrons. The van der Waals surface area contributed by atoms with E-state index in [4.69, 9.17) is 9.15 Å². The molecule has 1 atom stereocenters. The summed E-state index contributed by atoms with van der Waals surface area (Å²) in [5, 5.41) is 2.87. The fourth-order valence-electron chi connectivity index (χ4n) is 3.08. The van der Waals surface area contributed by atoms with Crippen LogP contribution in [-0.4, -0.2) is 25.2 Å². The summed E-state index contributed by atoms with van der Waals surface area (Å²) < 4.78 is 10.8. The molecule has 0 spiro atoms. The molecule has 2 heterocycles. The van der Waals surface area contributed by atoms with Gasteiger partial charge in [0.25, 0.3) is 5.91 Å². The van der Waals surface area contributed by atoms with E-state index in [2.05, 4.69) is 5.32 Å². The van der Waals surface area contributed by atoms with Crippen molar-refractivity contribution in [1.82, 2.24) is 5.32 Å². The molecule has 5 nitrogen and oxygen atoms in total. The minimum atomic E-state index is -0.541. The zero-order valence-electron chi connectivity index (χ0n) is 12.8. The fourth-order valence-corrected chi connectivity index (χ4v) is 3.08. The van der Waals surface area contributed by atoms with E-state index in [0.29, 0.717) is 24.5 Å². The Hall–Kier alpha value is -1.88. The molecular formula is C17H21NO4. The molecule has 1 aliphatic heterocycles. The van der Waals surface area contributed by atoms with Crippen LogP contribution >= 0.6 is 0 Å². The van der Waals surface area contributed by atoms with Crippen LogP contribution < -0.4 is 10.9 Å². The fraction of sp³-hybridized carbons (Fsp3) is 0.529. The molecule has 118 valence electrons. The van der Waals surface area contributed by atoms with Gasteiger partial charge >= 0.3 is 5.63 Å². The van der Waals surface area contributed by atoms with Gasteiger partial charge in [-0.15, -0.1) is 0 Å². The maximum Gasteiger partial charge on any atom is 0.349 e. The summed E-state index contributed by atoms with van der Waals surface area (Å²) in [6, 6.07) is 1.85. The van der Waals surface area contributed by atoms with Crippen molar-refractivity contribution < 1.29 is 13.9 Å². The van der Waals surface area contributed by atoms with Gasteiger partial charge in [0.1, 0.15) is 11.3 Å². The predicted octanol–water partition coefficient (Wildman–Crippen LogP) is 2.29. The van der Waals surface area contributed by atoms with Crippen LogP contribution in [0.4, 0.5) is 0 Å². The van der Waals surface area contributed by atoms with Gasteiger partial charge in [0.05, 0.1) is 0 Å². The second-order valence-corrected chi connectivity index (χ2v) is 5.97. The Balaban J connectivity index is 1.81. The highest BCUT2D eigenvalue weighted by atomic mass is 16.5. The van der Waals surface area contributed by atoms with Crippen molar-refractivity contribution in [2.24, 2.45) is 0 Å². The summed E-state index contributed by atoms with van der Waals surface area (Å²) >= 11 is 0. The third-order valence-corrected chi connectivity index (χ3v) is 4.35. The molecule has 1 aromatic rings. The number of carbonyl (C=O) groups is 1. The maximum absolute atomic E-state index is 12.3. The highest BCUT2D eigenvalue weighted by Crippen LogP contribution is 2.27. The van der Waals surface area contributed by atoms with E-state index in [1.165, 1.54) is 0 Å². The normalized spacial score (nSPS) is 22.0. The van der Waals surface area contributed by atoms with Crippen LogP contribution in [0.15, 0.2) is 27.4 Å². The Morgan fingerprint density at radius 3 is 2.68 bits per heavy atom. The highest BCUT2D eigenvalue weighted by molar-refractivity contribution is 5.95. The van der Waals surface area contributed by atoms with Crippen molar-refractivity contribution in [3.63, 3.8) is 0 Å². The SMILES string of the molecule is Cc1cc(C2CCOCC2)oc(=O)c1C(=O)NC1C=CCC1. The van der Waals surface area contributed by atoms with E-state index in [9.17, 15) is 9.59 Å². The molecule has 5 heteroatoms. The van der Waals surface area contributed by atoms with Crippen LogP contribution in [0.1, 0.15) is 53.3 Å². The molecule has 1 fully saturated rings. The smallest absolute Gasteiger partial charge is 0.349 e. The van der Waals surface area contributed by atoms with E-state index >= 15 is 0 Å². The number of allylic oxidation sites excluding steroid dienone is 1. The number of amides is 1. The standard InChI is InChI=1S/C17H21NO4/c1-11-10-14(12-6-8-21-9-7-12)22-17(20)15(11)16(19)18-13-4-2-3-5-13/h2,4,10,12-13H,3,5-9H2,1H3,(H,18,19). The Labute approximate surface area is 129 Å². The number of hydrogen-bond acceptors (Lipinski definition) is 4. The van der Waals surface area contributed by atoms with E-state index in [-0.39, 0.29) is 23.4 Å². The molecule has 0 aromatic carbocycles. The van der Waals surface area contributed by atoms with Crippen LogP contribution in [0.25, 0.3) is 0 Å². The minimum absolute atomic E-state index is 0.0152. The molecular weight excluding hydrogens is 282 g/mol. The molecule has 0 saturated carbocycles. The molecule has 1 aliphatic carbocycles. The van der Waals surface area contributed by atoms with E-state index in [0.717, 1.165) is 25.7 Å². The van der Waals surface area contributed by atoms with Crippen LogP contribution in [0.3, 0.4) is 0 Å². The van der Waals surface area contributed by atoms with Gasteiger partial charge in [-0.05, 0) is 44.2 Å². The van der Waals surface area contributed by atoms with Crippen molar-refractivity contribution in [1.29, 1.82) is 0 Å². The molecule has 3 rings (SSSR count). The van der Waals surface area contributed by atoms with Crippen molar-refractivity contribution in [2.45, 2.75) is 44.6 Å². The summed E-state index contributed by atoms with van der Waals surface area (Å²) in [6.45, 7) is 3.16. The number of hydrogen-bond donors (Lipinski definition) is 1. The predicted molar refractivity (Wildman–Crippen MR) is 82.1 cm³/mol. The number of rotatable bonds is 3. The van der Waals surface area contributed by atoms with Crippen LogP contribution in [0.2, 0.25) is 0 Å². The second kappa shape index (κ2) is 6.48. The summed E-state index contributed by atoms with van der Waals surface area (Å²) in [7, 11) is 0. The van der Waals surface area contributed by atoms with Crippen molar-refractivity contribution in [3.05, 3.63) is 45.5 Å². The van der Waals surface area contributed by atoms with Crippen LogP contribution in [-0.2, 0) is 4.74 Å². The Bertz CT molecular complexity index is 641. The Morgan fingerprint density at radius 1 is 1.27 bits per heavy atom. The van der Waals surface area contributed by atoms with Crippen molar-refractivity contribution in [2.75, 3.05) is 13.2 Å². The first-order valence-electron chi connectivity index (χ1n) is 7.85. The molecule has 1 N–H and O–H groups in total. The molecule has 1 amide bonds.